The third kappa shape index (κ3) is 4.11. The molecule has 5 heterocycles. The van der Waals surface area contributed by atoms with Gasteiger partial charge in [-0.25, -0.2) is 4.98 Å². The van der Waals surface area contributed by atoms with Crippen molar-refractivity contribution in [1.82, 2.24) is 29.1 Å². The standard InChI is InChI=1S/C29H35N7O2/c1-20(2)34-16-18-35(19-17-34)24-11-10-21-26(37)25(28(38)30-12-15-33-13-6-7-14-33)29-32(3)22-8-4-5-9-23(22)36(29)27(21)31-24/h4-5,8-11H,1,6-7,12-19H2,2-3H3,(H,30,38). The van der Waals surface area contributed by atoms with Crippen molar-refractivity contribution in [1.29, 1.82) is 0 Å². The molecule has 2 aliphatic heterocycles. The normalized spacial score (nSPS) is 16.7. The van der Waals surface area contributed by atoms with E-state index in [0.29, 0.717) is 23.2 Å². The third-order valence-corrected chi connectivity index (χ3v) is 8.06. The van der Waals surface area contributed by atoms with Crippen LogP contribution >= 0.6 is 0 Å². The average Bonchev–Trinajstić information content (AvgIpc) is 3.55. The second-order valence-corrected chi connectivity index (χ2v) is 10.5. The Kier molecular flexibility index (Phi) is 6.31. The highest BCUT2D eigenvalue weighted by molar-refractivity contribution is 6.05. The molecule has 4 aromatic rings. The summed E-state index contributed by atoms with van der Waals surface area (Å²) in [5.41, 5.74) is 3.96. The minimum absolute atomic E-state index is 0.169. The molecule has 198 valence electrons. The number of rotatable bonds is 6. The average molecular weight is 514 g/mol. The van der Waals surface area contributed by atoms with E-state index in [0.717, 1.165) is 68.4 Å². The van der Waals surface area contributed by atoms with Crippen LogP contribution in [-0.2, 0) is 7.05 Å². The first-order valence-electron chi connectivity index (χ1n) is 13.5. The SMILES string of the molecule is C=C(C)N1CCN(c2ccc3c(=O)c(C(=O)NCCN4CCCC4)c4n(C)c5ccccc5n4c3n2)CC1. The summed E-state index contributed by atoms with van der Waals surface area (Å²) in [7, 11) is 1.91. The Morgan fingerprint density at radius 1 is 1.00 bits per heavy atom. The van der Waals surface area contributed by atoms with E-state index in [1.165, 1.54) is 12.8 Å². The second-order valence-electron chi connectivity index (χ2n) is 10.5. The number of allylic oxidation sites excluding steroid dienone is 1. The van der Waals surface area contributed by atoms with E-state index in [1.54, 1.807) is 0 Å². The summed E-state index contributed by atoms with van der Waals surface area (Å²) < 4.78 is 3.92. The molecular weight excluding hydrogens is 478 g/mol. The van der Waals surface area contributed by atoms with Crippen molar-refractivity contribution in [3.8, 4) is 0 Å². The topological polar surface area (TPSA) is 78.1 Å². The van der Waals surface area contributed by atoms with Crippen LogP contribution in [0.2, 0.25) is 0 Å². The number of para-hydroxylation sites is 2. The lowest BCUT2D eigenvalue weighted by atomic mass is 10.1. The highest BCUT2D eigenvalue weighted by Gasteiger charge is 2.25. The zero-order valence-electron chi connectivity index (χ0n) is 22.2. The van der Waals surface area contributed by atoms with Gasteiger partial charge in [0.15, 0.2) is 5.65 Å². The maximum absolute atomic E-state index is 13.9. The van der Waals surface area contributed by atoms with E-state index in [1.807, 2.05) is 59.3 Å². The number of pyridine rings is 2. The molecule has 1 amide bonds. The molecule has 2 fully saturated rings. The number of carbonyl (C=O) groups is 1. The van der Waals surface area contributed by atoms with Crippen LogP contribution in [-0.4, -0.2) is 82.0 Å². The number of fused-ring (bicyclic) bond motifs is 5. The minimum atomic E-state index is -0.334. The van der Waals surface area contributed by atoms with Gasteiger partial charge in [0.05, 0.1) is 16.4 Å². The molecule has 38 heavy (non-hydrogen) atoms. The number of aromatic nitrogens is 3. The first-order chi connectivity index (χ1) is 18.4. The lowest BCUT2D eigenvalue weighted by Gasteiger charge is -2.36. The number of aryl methyl sites for hydroxylation is 1. The Hall–Kier alpha value is -3.85. The quantitative estimate of drug-likeness (QED) is 0.427. The Labute approximate surface area is 221 Å². The fraction of sp³-hybridized carbons (Fsp3) is 0.414. The number of nitrogens with zero attached hydrogens (tertiary/aromatic N) is 6. The molecule has 1 aromatic carbocycles. The molecule has 9 nitrogen and oxygen atoms in total. The van der Waals surface area contributed by atoms with Gasteiger partial charge < -0.3 is 24.6 Å². The molecule has 0 unspecified atom stereocenters. The van der Waals surface area contributed by atoms with E-state index in [4.69, 9.17) is 4.98 Å². The molecule has 0 atom stereocenters. The Bertz CT molecular complexity index is 1600. The number of imidazole rings is 1. The Morgan fingerprint density at radius 2 is 1.71 bits per heavy atom. The number of hydrogen-bond donors (Lipinski definition) is 1. The van der Waals surface area contributed by atoms with E-state index in [9.17, 15) is 9.59 Å². The maximum Gasteiger partial charge on any atom is 0.259 e. The molecule has 0 bridgehead atoms. The largest absolute Gasteiger partial charge is 0.372 e. The van der Waals surface area contributed by atoms with Gasteiger partial charge in [-0.1, -0.05) is 18.7 Å². The van der Waals surface area contributed by atoms with Crippen LogP contribution in [0.4, 0.5) is 5.82 Å². The van der Waals surface area contributed by atoms with Crippen LogP contribution < -0.4 is 15.6 Å². The number of carbonyl (C=O) groups excluding carboxylic acids is 1. The monoisotopic (exact) mass is 513 g/mol. The summed E-state index contributed by atoms with van der Waals surface area (Å²) in [5.74, 6) is 0.502. The van der Waals surface area contributed by atoms with E-state index < -0.39 is 0 Å². The van der Waals surface area contributed by atoms with Crippen LogP contribution in [0, 0.1) is 0 Å². The Morgan fingerprint density at radius 3 is 2.42 bits per heavy atom. The van der Waals surface area contributed by atoms with Crippen molar-refractivity contribution in [2.45, 2.75) is 19.8 Å². The van der Waals surface area contributed by atoms with Gasteiger partial charge in [0.2, 0.25) is 5.43 Å². The van der Waals surface area contributed by atoms with Crippen molar-refractivity contribution >= 4 is 39.4 Å². The van der Waals surface area contributed by atoms with E-state index in [2.05, 4.69) is 26.6 Å². The summed E-state index contributed by atoms with van der Waals surface area (Å²) in [6.07, 6.45) is 2.41. The van der Waals surface area contributed by atoms with Crippen LogP contribution in [0.5, 0.6) is 0 Å². The number of anilines is 1. The van der Waals surface area contributed by atoms with E-state index >= 15 is 0 Å². The van der Waals surface area contributed by atoms with Gasteiger partial charge in [-0.05, 0) is 57.1 Å². The maximum atomic E-state index is 13.9. The molecule has 3 aromatic heterocycles. The van der Waals surface area contributed by atoms with Crippen molar-refractivity contribution in [2.75, 3.05) is 57.3 Å². The second kappa shape index (κ2) is 9.79. The molecule has 9 heteroatoms. The van der Waals surface area contributed by atoms with Crippen molar-refractivity contribution < 1.29 is 4.79 Å². The van der Waals surface area contributed by atoms with E-state index in [-0.39, 0.29) is 16.9 Å². The van der Waals surface area contributed by atoms with Crippen LogP contribution in [0.25, 0.3) is 27.7 Å². The summed E-state index contributed by atoms with van der Waals surface area (Å²) in [5, 5.41) is 3.48. The van der Waals surface area contributed by atoms with Gasteiger partial charge in [-0.15, -0.1) is 0 Å². The van der Waals surface area contributed by atoms with Gasteiger partial charge in [-0.3, -0.25) is 14.0 Å². The predicted octanol–water partition coefficient (Wildman–Crippen LogP) is 2.82. The summed E-state index contributed by atoms with van der Waals surface area (Å²) in [6.45, 7) is 13.0. The Balaban J connectivity index is 1.45. The van der Waals surface area contributed by atoms with Gasteiger partial charge in [0, 0.05) is 52.0 Å². The highest BCUT2D eigenvalue weighted by Crippen LogP contribution is 2.27. The van der Waals surface area contributed by atoms with Crippen LogP contribution in [0.3, 0.4) is 0 Å². The minimum Gasteiger partial charge on any atom is -0.372 e. The molecule has 6 rings (SSSR count). The zero-order valence-corrected chi connectivity index (χ0v) is 22.2. The molecule has 0 spiro atoms. The summed E-state index contributed by atoms with van der Waals surface area (Å²) in [6, 6.07) is 11.7. The molecule has 2 saturated heterocycles. The predicted molar refractivity (Wildman–Crippen MR) is 152 cm³/mol. The molecular formula is C29H35N7O2. The molecule has 0 saturated carbocycles. The first-order valence-corrected chi connectivity index (χ1v) is 13.5. The van der Waals surface area contributed by atoms with Gasteiger partial charge in [0.1, 0.15) is 17.0 Å². The van der Waals surface area contributed by atoms with Crippen LogP contribution in [0.1, 0.15) is 30.1 Å². The number of piperazine rings is 1. The van der Waals surface area contributed by atoms with Crippen LogP contribution in [0.15, 0.2) is 53.5 Å². The third-order valence-electron chi connectivity index (χ3n) is 8.06. The summed E-state index contributed by atoms with van der Waals surface area (Å²) in [4.78, 5) is 39.3. The smallest absolute Gasteiger partial charge is 0.259 e. The fourth-order valence-electron chi connectivity index (χ4n) is 5.95. The van der Waals surface area contributed by atoms with Gasteiger partial charge >= 0.3 is 0 Å². The number of nitrogens with one attached hydrogen (secondary N) is 1. The number of hydrogen-bond acceptors (Lipinski definition) is 6. The number of benzene rings is 1. The molecule has 1 N–H and O–H groups in total. The highest BCUT2D eigenvalue weighted by atomic mass is 16.2. The number of likely N-dealkylation sites (tertiary alicyclic amines) is 1. The number of amides is 1. The lowest BCUT2D eigenvalue weighted by Crippen LogP contribution is -2.45. The fourth-order valence-corrected chi connectivity index (χ4v) is 5.95. The first kappa shape index (κ1) is 24.5. The molecule has 0 radical (unpaired) electrons. The van der Waals surface area contributed by atoms with Crippen molar-refractivity contribution in [3.05, 3.63) is 64.5 Å². The van der Waals surface area contributed by atoms with Crippen molar-refractivity contribution in [2.24, 2.45) is 7.05 Å². The van der Waals surface area contributed by atoms with Gasteiger partial charge in [0.25, 0.3) is 5.91 Å². The lowest BCUT2D eigenvalue weighted by molar-refractivity contribution is 0.0950. The van der Waals surface area contributed by atoms with Gasteiger partial charge in [-0.2, -0.15) is 0 Å². The zero-order chi connectivity index (χ0) is 26.4. The molecule has 0 aliphatic carbocycles. The van der Waals surface area contributed by atoms with Crippen molar-refractivity contribution in [3.63, 3.8) is 0 Å². The summed E-state index contributed by atoms with van der Waals surface area (Å²) >= 11 is 0. The molecule has 2 aliphatic rings.